The van der Waals surface area contributed by atoms with E-state index < -0.39 is 6.04 Å². The van der Waals surface area contributed by atoms with Crippen LogP contribution in [0.1, 0.15) is 25.8 Å². The summed E-state index contributed by atoms with van der Waals surface area (Å²) in [6, 6.07) is 6.62. The summed E-state index contributed by atoms with van der Waals surface area (Å²) in [7, 11) is 0. The van der Waals surface area contributed by atoms with Gasteiger partial charge in [-0.05, 0) is 31.0 Å². The van der Waals surface area contributed by atoms with Gasteiger partial charge in [0.15, 0.2) is 6.61 Å². The molecule has 1 atom stereocenters. The zero-order valence-electron chi connectivity index (χ0n) is 12.5. The first kappa shape index (κ1) is 17.0. The molecule has 0 saturated heterocycles. The van der Waals surface area contributed by atoms with E-state index in [4.69, 9.17) is 10.5 Å². The Hall–Kier alpha value is -2.08. The lowest BCUT2D eigenvalue weighted by molar-refractivity contribution is -0.129. The molecule has 4 N–H and O–H groups in total. The fraction of sp³-hybridized carbons (Fsp3) is 0.467. The molecule has 0 aliphatic carbocycles. The minimum Gasteiger partial charge on any atom is -0.484 e. The fourth-order valence-corrected chi connectivity index (χ4v) is 1.62. The highest BCUT2D eigenvalue weighted by Crippen LogP contribution is 2.11. The maximum atomic E-state index is 11.7. The topological polar surface area (TPSA) is 93.5 Å². The SMILES string of the molecule is CCCNC(=O)C(C)NC(=O)COc1ccc(CN)cc1. The molecule has 2 amide bonds. The number of rotatable bonds is 8. The Morgan fingerprint density at radius 1 is 1.29 bits per heavy atom. The highest BCUT2D eigenvalue weighted by atomic mass is 16.5. The van der Waals surface area contributed by atoms with Gasteiger partial charge in [0.2, 0.25) is 5.91 Å². The van der Waals surface area contributed by atoms with E-state index in [-0.39, 0.29) is 18.4 Å². The zero-order valence-corrected chi connectivity index (χ0v) is 12.5. The van der Waals surface area contributed by atoms with Crippen molar-refractivity contribution >= 4 is 11.8 Å². The Labute approximate surface area is 125 Å². The van der Waals surface area contributed by atoms with Crippen LogP contribution in [0.2, 0.25) is 0 Å². The number of carbonyl (C=O) groups is 2. The van der Waals surface area contributed by atoms with E-state index >= 15 is 0 Å². The number of hydrogen-bond donors (Lipinski definition) is 3. The summed E-state index contributed by atoms with van der Waals surface area (Å²) < 4.78 is 5.34. The second kappa shape index (κ2) is 8.97. The molecule has 0 bridgehead atoms. The molecule has 0 aliphatic rings. The number of nitrogens with one attached hydrogen (secondary N) is 2. The quantitative estimate of drug-likeness (QED) is 0.652. The van der Waals surface area contributed by atoms with Crippen molar-refractivity contribution in [3.05, 3.63) is 29.8 Å². The predicted molar refractivity (Wildman–Crippen MR) is 80.7 cm³/mol. The summed E-state index contributed by atoms with van der Waals surface area (Å²) in [6.45, 7) is 4.54. The van der Waals surface area contributed by atoms with Gasteiger partial charge in [0.25, 0.3) is 5.91 Å². The number of hydrogen-bond acceptors (Lipinski definition) is 4. The van der Waals surface area contributed by atoms with Crippen LogP contribution in [0.3, 0.4) is 0 Å². The summed E-state index contributed by atoms with van der Waals surface area (Å²) in [5, 5.41) is 5.30. The monoisotopic (exact) mass is 293 g/mol. The zero-order chi connectivity index (χ0) is 15.7. The molecule has 21 heavy (non-hydrogen) atoms. The van der Waals surface area contributed by atoms with Crippen LogP contribution in [-0.4, -0.2) is 31.0 Å². The minimum absolute atomic E-state index is 0.132. The molecule has 0 spiro atoms. The van der Waals surface area contributed by atoms with E-state index in [2.05, 4.69) is 10.6 Å². The first-order chi connectivity index (χ1) is 10.1. The molecule has 0 fully saturated rings. The molecule has 116 valence electrons. The van der Waals surface area contributed by atoms with Crippen molar-refractivity contribution in [2.24, 2.45) is 5.73 Å². The van der Waals surface area contributed by atoms with E-state index in [0.717, 1.165) is 12.0 Å². The van der Waals surface area contributed by atoms with Crippen molar-refractivity contribution in [3.63, 3.8) is 0 Å². The Morgan fingerprint density at radius 3 is 2.52 bits per heavy atom. The summed E-state index contributed by atoms with van der Waals surface area (Å²) in [6.07, 6.45) is 0.855. The average Bonchev–Trinajstić information content (AvgIpc) is 2.50. The third-order valence-corrected chi connectivity index (χ3v) is 2.85. The van der Waals surface area contributed by atoms with Gasteiger partial charge in [-0.2, -0.15) is 0 Å². The van der Waals surface area contributed by atoms with Crippen LogP contribution in [0.4, 0.5) is 0 Å². The largest absolute Gasteiger partial charge is 0.484 e. The Kier molecular flexibility index (Phi) is 7.25. The smallest absolute Gasteiger partial charge is 0.258 e. The highest BCUT2D eigenvalue weighted by molar-refractivity contribution is 5.87. The van der Waals surface area contributed by atoms with E-state index in [9.17, 15) is 9.59 Å². The van der Waals surface area contributed by atoms with Gasteiger partial charge in [-0.3, -0.25) is 9.59 Å². The molecular weight excluding hydrogens is 270 g/mol. The normalized spacial score (nSPS) is 11.6. The molecule has 0 radical (unpaired) electrons. The van der Waals surface area contributed by atoms with Crippen LogP contribution in [0.15, 0.2) is 24.3 Å². The number of nitrogens with two attached hydrogens (primary N) is 1. The Bertz CT molecular complexity index is 460. The second-order valence-corrected chi connectivity index (χ2v) is 4.72. The molecule has 0 aromatic heterocycles. The standard InChI is InChI=1S/C15H23N3O3/c1-3-8-17-15(20)11(2)18-14(19)10-21-13-6-4-12(9-16)5-7-13/h4-7,11H,3,8-10,16H2,1-2H3,(H,17,20)(H,18,19). The summed E-state index contributed by atoms with van der Waals surface area (Å²) in [5.74, 6) is 0.0555. The lowest BCUT2D eigenvalue weighted by Crippen LogP contribution is -2.46. The van der Waals surface area contributed by atoms with Gasteiger partial charge < -0.3 is 21.1 Å². The number of ether oxygens (including phenoxy) is 1. The van der Waals surface area contributed by atoms with Crippen LogP contribution in [0.25, 0.3) is 0 Å². The van der Waals surface area contributed by atoms with Crippen molar-refractivity contribution in [3.8, 4) is 5.75 Å². The van der Waals surface area contributed by atoms with Gasteiger partial charge >= 0.3 is 0 Å². The third kappa shape index (κ3) is 6.27. The molecule has 0 saturated carbocycles. The number of benzene rings is 1. The average molecular weight is 293 g/mol. The summed E-state index contributed by atoms with van der Waals surface area (Å²) in [5.41, 5.74) is 6.49. The van der Waals surface area contributed by atoms with Crippen molar-refractivity contribution in [2.45, 2.75) is 32.9 Å². The third-order valence-electron chi connectivity index (χ3n) is 2.85. The van der Waals surface area contributed by atoms with Gasteiger partial charge in [0, 0.05) is 13.1 Å². The van der Waals surface area contributed by atoms with E-state index in [1.54, 1.807) is 19.1 Å². The van der Waals surface area contributed by atoms with Gasteiger partial charge in [-0.25, -0.2) is 0 Å². The van der Waals surface area contributed by atoms with Gasteiger partial charge in [0.1, 0.15) is 11.8 Å². The summed E-state index contributed by atoms with van der Waals surface area (Å²) in [4.78, 5) is 23.3. The predicted octanol–water partition coefficient (Wildman–Crippen LogP) is 0.555. The van der Waals surface area contributed by atoms with Crippen molar-refractivity contribution < 1.29 is 14.3 Å². The summed E-state index contributed by atoms with van der Waals surface area (Å²) >= 11 is 0. The van der Waals surface area contributed by atoms with E-state index in [0.29, 0.717) is 18.8 Å². The molecule has 0 aliphatic heterocycles. The van der Waals surface area contributed by atoms with Crippen LogP contribution in [0, 0.1) is 0 Å². The van der Waals surface area contributed by atoms with Crippen molar-refractivity contribution in [1.29, 1.82) is 0 Å². The molecular formula is C15H23N3O3. The number of amides is 2. The first-order valence-electron chi connectivity index (χ1n) is 7.05. The fourth-order valence-electron chi connectivity index (χ4n) is 1.62. The van der Waals surface area contributed by atoms with Crippen molar-refractivity contribution in [2.75, 3.05) is 13.2 Å². The second-order valence-electron chi connectivity index (χ2n) is 4.72. The molecule has 1 unspecified atom stereocenters. The van der Waals surface area contributed by atoms with Gasteiger partial charge in [-0.15, -0.1) is 0 Å². The van der Waals surface area contributed by atoms with Gasteiger partial charge in [0.05, 0.1) is 0 Å². The Balaban J connectivity index is 2.34. The maximum Gasteiger partial charge on any atom is 0.258 e. The van der Waals surface area contributed by atoms with Crippen LogP contribution in [-0.2, 0) is 16.1 Å². The van der Waals surface area contributed by atoms with E-state index in [1.807, 2.05) is 19.1 Å². The van der Waals surface area contributed by atoms with E-state index in [1.165, 1.54) is 0 Å². The first-order valence-corrected chi connectivity index (χ1v) is 7.05. The van der Waals surface area contributed by atoms with Gasteiger partial charge in [-0.1, -0.05) is 19.1 Å². The lowest BCUT2D eigenvalue weighted by Gasteiger charge is -2.14. The Morgan fingerprint density at radius 2 is 1.95 bits per heavy atom. The number of carbonyl (C=O) groups excluding carboxylic acids is 2. The molecule has 1 aromatic rings. The van der Waals surface area contributed by atoms with Crippen LogP contribution >= 0.6 is 0 Å². The molecule has 1 rings (SSSR count). The molecule has 0 heterocycles. The lowest BCUT2D eigenvalue weighted by atomic mass is 10.2. The van der Waals surface area contributed by atoms with Crippen LogP contribution in [0.5, 0.6) is 5.75 Å². The van der Waals surface area contributed by atoms with Crippen LogP contribution < -0.4 is 21.1 Å². The molecule has 1 aromatic carbocycles. The molecule has 6 nitrogen and oxygen atoms in total. The molecule has 6 heteroatoms. The highest BCUT2D eigenvalue weighted by Gasteiger charge is 2.14. The maximum absolute atomic E-state index is 11.7. The van der Waals surface area contributed by atoms with Crippen molar-refractivity contribution in [1.82, 2.24) is 10.6 Å². The minimum atomic E-state index is -0.577.